The minimum Gasteiger partial charge on any atom is -0.493 e. The molecule has 0 saturated carbocycles. The Bertz CT molecular complexity index is 682. The van der Waals surface area contributed by atoms with Gasteiger partial charge in [0.2, 0.25) is 0 Å². The quantitative estimate of drug-likeness (QED) is 0.162. The van der Waals surface area contributed by atoms with E-state index in [1.807, 2.05) is 13.1 Å². The number of ether oxygens (including phenoxy) is 3. The van der Waals surface area contributed by atoms with Crippen molar-refractivity contribution >= 4 is 29.9 Å². The van der Waals surface area contributed by atoms with E-state index in [1.54, 1.807) is 14.2 Å². The molecule has 9 heteroatoms. The molecule has 0 radical (unpaired) electrons. The summed E-state index contributed by atoms with van der Waals surface area (Å²) in [6, 6.07) is 6.35. The van der Waals surface area contributed by atoms with Crippen LogP contribution in [0.1, 0.15) is 38.3 Å². The SMILES string of the molecule is CCN(CC)CCCCNC(=NC)NCC(c1ccc(OC)c(OC)c1)N1CCOCC1.I. The number of nitrogens with zero attached hydrogens (tertiary/aromatic N) is 3. The Morgan fingerprint density at radius 3 is 2.39 bits per heavy atom. The van der Waals surface area contributed by atoms with Gasteiger partial charge in [-0.1, -0.05) is 19.9 Å². The van der Waals surface area contributed by atoms with E-state index in [0.29, 0.717) is 0 Å². The largest absolute Gasteiger partial charge is 0.493 e. The third-order valence-electron chi connectivity index (χ3n) is 6.05. The maximum atomic E-state index is 5.58. The third-order valence-corrected chi connectivity index (χ3v) is 6.05. The van der Waals surface area contributed by atoms with Crippen LogP contribution in [0.25, 0.3) is 0 Å². The summed E-state index contributed by atoms with van der Waals surface area (Å²) in [6.45, 7) is 12.8. The van der Waals surface area contributed by atoms with Gasteiger partial charge in [0.05, 0.1) is 33.5 Å². The summed E-state index contributed by atoms with van der Waals surface area (Å²) >= 11 is 0. The number of morpholine rings is 1. The summed E-state index contributed by atoms with van der Waals surface area (Å²) in [6.07, 6.45) is 2.31. The first-order chi connectivity index (χ1) is 15.7. The molecule has 1 heterocycles. The van der Waals surface area contributed by atoms with Crippen LogP contribution in [-0.4, -0.2) is 96.1 Å². The van der Waals surface area contributed by atoms with E-state index >= 15 is 0 Å². The number of unbranched alkanes of at least 4 members (excludes halogenated alkanes) is 1. The number of halogens is 1. The van der Waals surface area contributed by atoms with Crippen LogP contribution >= 0.6 is 24.0 Å². The van der Waals surface area contributed by atoms with Gasteiger partial charge < -0.3 is 29.7 Å². The van der Waals surface area contributed by atoms with Crippen LogP contribution in [0, 0.1) is 0 Å². The Balaban J connectivity index is 0.00000544. The topological polar surface area (TPSA) is 70.6 Å². The molecule has 0 aliphatic carbocycles. The van der Waals surface area contributed by atoms with E-state index < -0.39 is 0 Å². The number of rotatable bonds is 13. The molecular formula is C24H44IN5O3. The van der Waals surface area contributed by atoms with Crippen LogP contribution in [-0.2, 0) is 4.74 Å². The van der Waals surface area contributed by atoms with Crippen LogP contribution in [0.4, 0.5) is 0 Å². The molecule has 1 unspecified atom stereocenters. The first kappa shape index (κ1) is 29.7. The second kappa shape index (κ2) is 17.2. The van der Waals surface area contributed by atoms with Gasteiger partial charge in [-0.25, -0.2) is 0 Å². The number of guanidine groups is 1. The van der Waals surface area contributed by atoms with Gasteiger partial charge in [0, 0.05) is 33.2 Å². The average Bonchev–Trinajstić information content (AvgIpc) is 2.85. The van der Waals surface area contributed by atoms with Gasteiger partial charge >= 0.3 is 0 Å². The minimum atomic E-state index is 0. The number of nitrogens with one attached hydrogen (secondary N) is 2. The number of benzene rings is 1. The Labute approximate surface area is 217 Å². The molecule has 1 aromatic rings. The maximum absolute atomic E-state index is 5.58. The van der Waals surface area contributed by atoms with Crippen molar-refractivity contribution in [2.24, 2.45) is 4.99 Å². The lowest BCUT2D eigenvalue weighted by atomic mass is 10.0. The zero-order chi connectivity index (χ0) is 23.2. The lowest BCUT2D eigenvalue weighted by molar-refractivity contribution is 0.0169. The molecule has 1 aliphatic rings. The molecule has 0 aromatic heterocycles. The Morgan fingerprint density at radius 2 is 1.79 bits per heavy atom. The first-order valence-electron chi connectivity index (χ1n) is 11.9. The van der Waals surface area contributed by atoms with Crippen molar-refractivity contribution in [1.82, 2.24) is 20.4 Å². The summed E-state index contributed by atoms with van der Waals surface area (Å²) in [5, 5.41) is 6.99. The third kappa shape index (κ3) is 9.84. The maximum Gasteiger partial charge on any atom is 0.191 e. The Morgan fingerprint density at radius 1 is 1.09 bits per heavy atom. The fourth-order valence-electron chi connectivity index (χ4n) is 4.03. The Hall–Kier alpha value is -1.30. The molecule has 2 rings (SSSR count). The number of hydrogen-bond acceptors (Lipinski definition) is 6. The van der Waals surface area contributed by atoms with Crippen molar-refractivity contribution in [2.45, 2.75) is 32.7 Å². The summed E-state index contributed by atoms with van der Waals surface area (Å²) in [4.78, 5) is 9.34. The van der Waals surface area contributed by atoms with Crippen LogP contribution in [0.5, 0.6) is 11.5 Å². The lowest BCUT2D eigenvalue weighted by Gasteiger charge is -2.35. The van der Waals surface area contributed by atoms with E-state index in [4.69, 9.17) is 14.2 Å². The minimum absolute atomic E-state index is 0. The van der Waals surface area contributed by atoms with Gasteiger partial charge in [-0.3, -0.25) is 9.89 Å². The normalized spacial score (nSPS) is 15.6. The molecule has 8 nitrogen and oxygen atoms in total. The van der Waals surface area contributed by atoms with E-state index in [9.17, 15) is 0 Å². The van der Waals surface area contributed by atoms with Crippen LogP contribution in [0.2, 0.25) is 0 Å². The molecule has 1 saturated heterocycles. The van der Waals surface area contributed by atoms with Gasteiger partial charge in [-0.15, -0.1) is 24.0 Å². The van der Waals surface area contributed by atoms with Crippen LogP contribution in [0.15, 0.2) is 23.2 Å². The molecule has 2 N–H and O–H groups in total. The fraction of sp³-hybridized carbons (Fsp3) is 0.708. The lowest BCUT2D eigenvalue weighted by Crippen LogP contribution is -2.46. The zero-order valence-electron chi connectivity index (χ0n) is 21.1. The highest BCUT2D eigenvalue weighted by atomic mass is 127. The summed E-state index contributed by atoms with van der Waals surface area (Å²) < 4.78 is 16.5. The van der Waals surface area contributed by atoms with Crippen LogP contribution < -0.4 is 20.1 Å². The van der Waals surface area contributed by atoms with Crippen molar-refractivity contribution in [2.75, 3.05) is 80.3 Å². The second-order valence-corrected chi connectivity index (χ2v) is 7.89. The predicted molar refractivity (Wildman–Crippen MR) is 146 cm³/mol. The highest BCUT2D eigenvalue weighted by molar-refractivity contribution is 14.0. The molecule has 0 amide bonds. The Kier molecular flexibility index (Phi) is 15.5. The number of aliphatic imine (C=N–C) groups is 1. The standard InChI is InChI=1S/C24H43N5O3.HI/c1-6-28(7-2)13-9-8-12-26-24(25-3)27-19-21(29-14-16-32-17-15-29)20-10-11-22(30-4)23(18-20)31-5;/h10-11,18,21H,6-9,12-17,19H2,1-5H3,(H2,25,26,27);1H. The van der Waals surface area contributed by atoms with Gasteiger partial charge in [-0.05, 0) is 50.2 Å². The molecular weight excluding hydrogens is 533 g/mol. The predicted octanol–water partition coefficient (Wildman–Crippen LogP) is 2.98. The average molecular weight is 578 g/mol. The van der Waals surface area contributed by atoms with Gasteiger partial charge in [0.1, 0.15) is 0 Å². The monoisotopic (exact) mass is 577 g/mol. The molecule has 1 aliphatic heterocycles. The van der Waals surface area contributed by atoms with Crippen molar-refractivity contribution in [1.29, 1.82) is 0 Å². The van der Waals surface area contributed by atoms with Crippen molar-refractivity contribution in [3.8, 4) is 11.5 Å². The van der Waals surface area contributed by atoms with E-state index in [2.05, 4.69) is 51.4 Å². The van der Waals surface area contributed by atoms with Gasteiger partial charge in [0.25, 0.3) is 0 Å². The van der Waals surface area contributed by atoms with Crippen LogP contribution in [0.3, 0.4) is 0 Å². The summed E-state index contributed by atoms with van der Waals surface area (Å²) in [7, 11) is 5.16. The molecule has 1 fully saturated rings. The molecule has 0 spiro atoms. The van der Waals surface area contributed by atoms with Crippen molar-refractivity contribution in [3.63, 3.8) is 0 Å². The van der Waals surface area contributed by atoms with Gasteiger partial charge in [0.15, 0.2) is 17.5 Å². The summed E-state index contributed by atoms with van der Waals surface area (Å²) in [5.41, 5.74) is 1.19. The smallest absolute Gasteiger partial charge is 0.191 e. The van der Waals surface area contributed by atoms with E-state index in [-0.39, 0.29) is 30.0 Å². The highest BCUT2D eigenvalue weighted by Gasteiger charge is 2.24. The summed E-state index contributed by atoms with van der Waals surface area (Å²) in [5.74, 6) is 2.33. The van der Waals surface area contributed by atoms with Crippen molar-refractivity contribution < 1.29 is 14.2 Å². The zero-order valence-corrected chi connectivity index (χ0v) is 23.4. The van der Waals surface area contributed by atoms with Gasteiger partial charge in [-0.2, -0.15) is 0 Å². The number of methoxy groups -OCH3 is 2. The second-order valence-electron chi connectivity index (χ2n) is 7.89. The molecule has 1 aromatic carbocycles. The number of hydrogen-bond donors (Lipinski definition) is 2. The molecule has 1 atom stereocenters. The molecule has 190 valence electrons. The molecule has 0 bridgehead atoms. The van der Waals surface area contributed by atoms with Crippen molar-refractivity contribution in [3.05, 3.63) is 23.8 Å². The van der Waals surface area contributed by atoms with E-state index in [1.165, 1.54) is 12.0 Å². The first-order valence-corrected chi connectivity index (χ1v) is 11.9. The highest BCUT2D eigenvalue weighted by Crippen LogP contribution is 2.32. The van der Waals surface area contributed by atoms with E-state index in [0.717, 1.165) is 82.9 Å². The fourth-order valence-corrected chi connectivity index (χ4v) is 4.03. The molecule has 33 heavy (non-hydrogen) atoms.